The van der Waals surface area contributed by atoms with Gasteiger partial charge >= 0.3 is 0 Å². The number of pyridine rings is 1. The van der Waals surface area contributed by atoms with E-state index in [2.05, 4.69) is 24.9 Å². The van der Waals surface area contributed by atoms with E-state index in [1.165, 1.54) is 6.39 Å². The first-order chi connectivity index (χ1) is 9.33. The molecule has 0 saturated carbocycles. The van der Waals surface area contributed by atoms with Crippen LogP contribution in [-0.2, 0) is 6.54 Å². The summed E-state index contributed by atoms with van der Waals surface area (Å²) >= 11 is 0. The SMILES string of the molecule is Nc1cccnc1N1CCN(Cc2ncon2)CC1. The van der Waals surface area contributed by atoms with Crippen molar-refractivity contribution in [3.8, 4) is 0 Å². The average molecular weight is 260 g/mol. The molecule has 2 N–H and O–H groups in total. The van der Waals surface area contributed by atoms with Crippen LogP contribution in [0.3, 0.4) is 0 Å². The predicted molar refractivity (Wildman–Crippen MR) is 70.4 cm³/mol. The molecule has 7 nitrogen and oxygen atoms in total. The lowest BCUT2D eigenvalue weighted by molar-refractivity contribution is 0.240. The number of piperazine rings is 1. The van der Waals surface area contributed by atoms with E-state index in [0.717, 1.165) is 50.1 Å². The Labute approximate surface area is 111 Å². The van der Waals surface area contributed by atoms with Crippen molar-refractivity contribution in [3.63, 3.8) is 0 Å². The molecular weight excluding hydrogens is 244 g/mol. The molecule has 3 rings (SSSR count). The lowest BCUT2D eigenvalue weighted by Gasteiger charge is -2.35. The summed E-state index contributed by atoms with van der Waals surface area (Å²) in [5.41, 5.74) is 6.68. The Morgan fingerprint density at radius 3 is 2.74 bits per heavy atom. The molecule has 1 aliphatic heterocycles. The van der Waals surface area contributed by atoms with Crippen LogP contribution < -0.4 is 10.6 Å². The minimum atomic E-state index is 0.724. The van der Waals surface area contributed by atoms with Crippen LogP contribution in [0.1, 0.15) is 5.82 Å². The third kappa shape index (κ3) is 2.65. The highest BCUT2D eigenvalue weighted by Crippen LogP contribution is 2.20. The summed E-state index contributed by atoms with van der Waals surface area (Å²) < 4.78 is 4.74. The van der Waals surface area contributed by atoms with Crippen LogP contribution in [0.2, 0.25) is 0 Å². The van der Waals surface area contributed by atoms with Crippen LogP contribution in [0.25, 0.3) is 0 Å². The molecule has 3 heterocycles. The van der Waals surface area contributed by atoms with Gasteiger partial charge in [0, 0.05) is 32.4 Å². The molecule has 1 fully saturated rings. The molecule has 2 aromatic rings. The van der Waals surface area contributed by atoms with Crippen molar-refractivity contribution in [1.29, 1.82) is 0 Å². The second-order valence-corrected chi connectivity index (χ2v) is 4.53. The minimum Gasteiger partial charge on any atom is -0.396 e. The summed E-state index contributed by atoms with van der Waals surface area (Å²) in [6, 6.07) is 3.74. The highest BCUT2D eigenvalue weighted by atomic mass is 16.5. The smallest absolute Gasteiger partial charge is 0.213 e. The number of nitrogens with two attached hydrogens (primary N) is 1. The van der Waals surface area contributed by atoms with Crippen molar-refractivity contribution in [3.05, 3.63) is 30.5 Å². The number of rotatable bonds is 3. The normalized spacial score (nSPS) is 16.7. The van der Waals surface area contributed by atoms with Gasteiger partial charge in [-0.3, -0.25) is 4.90 Å². The van der Waals surface area contributed by atoms with Gasteiger partial charge in [0.05, 0.1) is 12.2 Å². The number of nitrogen functional groups attached to an aromatic ring is 1. The Morgan fingerprint density at radius 1 is 1.21 bits per heavy atom. The molecule has 0 spiro atoms. The average Bonchev–Trinajstić information content (AvgIpc) is 2.93. The largest absolute Gasteiger partial charge is 0.396 e. The molecule has 0 aliphatic carbocycles. The maximum atomic E-state index is 5.95. The number of aromatic nitrogens is 3. The molecule has 0 bridgehead atoms. The second-order valence-electron chi connectivity index (χ2n) is 4.53. The molecule has 0 atom stereocenters. The number of hydrogen-bond donors (Lipinski definition) is 1. The molecule has 1 aliphatic rings. The topological polar surface area (TPSA) is 84.3 Å². The maximum absolute atomic E-state index is 5.95. The lowest BCUT2D eigenvalue weighted by atomic mass is 10.3. The lowest BCUT2D eigenvalue weighted by Crippen LogP contribution is -2.46. The van der Waals surface area contributed by atoms with Gasteiger partial charge in [-0.2, -0.15) is 4.98 Å². The van der Waals surface area contributed by atoms with Gasteiger partial charge in [0.25, 0.3) is 0 Å². The number of nitrogens with zero attached hydrogens (tertiary/aromatic N) is 5. The molecule has 0 radical (unpaired) electrons. The van der Waals surface area contributed by atoms with Crippen LogP contribution in [0.4, 0.5) is 11.5 Å². The van der Waals surface area contributed by atoms with E-state index in [1.807, 2.05) is 12.1 Å². The van der Waals surface area contributed by atoms with Crippen molar-refractivity contribution in [2.24, 2.45) is 0 Å². The Kier molecular flexibility index (Phi) is 3.28. The van der Waals surface area contributed by atoms with E-state index in [9.17, 15) is 0 Å². The zero-order chi connectivity index (χ0) is 13.1. The molecule has 2 aromatic heterocycles. The van der Waals surface area contributed by atoms with Gasteiger partial charge in [-0.15, -0.1) is 0 Å². The van der Waals surface area contributed by atoms with E-state index < -0.39 is 0 Å². The Morgan fingerprint density at radius 2 is 2.05 bits per heavy atom. The summed E-state index contributed by atoms with van der Waals surface area (Å²) in [4.78, 5) is 12.9. The van der Waals surface area contributed by atoms with Gasteiger partial charge in [0.2, 0.25) is 6.39 Å². The Bertz CT molecular complexity index is 521. The Balaban J connectivity index is 1.59. The predicted octanol–water partition coefficient (Wildman–Crippen LogP) is 0.369. The van der Waals surface area contributed by atoms with E-state index in [4.69, 9.17) is 10.3 Å². The molecule has 19 heavy (non-hydrogen) atoms. The van der Waals surface area contributed by atoms with Gasteiger partial charge in [-0.05, 0) is 12.1 Å². The van der Waals surface area contributed by atoms with Gasteiger partial charge < -0.3 is 15.2 Å². The first-order valence-corrected chi connectivity index (χ1v) is 6.26. The molecule has 0 aromatic carbocycles. The fourth-order valence-corrected chi connectivity index (χ4v) is 2.25. The molecule has 1 saturated heterocycles. The van der Waals surface area contributed by atoms with E-state index in [0.29, 0.717) is 0 Å². The van der Waals surface area contributed by atoms with E-state index >= 15 is 0 Å². The highest BCUT2D eigenvalue weighted by molar-refractivity contribution is 5.62. The standard InChI is InChI=1S/C12H16N6O/c13-10-2-1-3-14-12(10)18-6-4-17(5-7-18)8-11-15-9-19-16-11/h1-3,9H,4-8,13H2. The van der Waals surface area contributed by atoms with Crippen LogP contribution in [0.15, 0.2) is 29.2 Å². The van der Waals surface area contributed by atoms with Gasteiger partial charge in [0.1, 0.15) is 0 Å². The summed E-state index contributed by atoms with van der Waals surface area (Å²) in [6.45, 7) is 4.40. The Hall–Kier alpha value is -2.15. The van der Waals surface area contributed by atoms with E-state index in [-0.39, 0.29) is 0 Å². The third-order valence-corrected chi connectivity index (χ3v) is 3.26. The quantitative estimate of drug-likeness (QED) is 0.853. The first kappa shape index (κ1) is 11.9. The molecule has 0 unspecified atom stereocenters. The molecule has 7 heteroatoms. The van der Waals surface area contributed by atoms with Gasteiger partial charge in [0.15, 0.2) is 11.6 Å². The second kappa shape index (κ2) is 5.23. The van der Waals surface area contributed by atoms with Crippen molar-refractivity contribution in [2.75, 3.05) is 36.8 Å². The van der Waals surface area contributed by atoms with Gasteiger partial charge in [-0.25, -0.2) is 4.98 Å². The zero-order valence-electron chi connectivity index (χ0n) is 10.6. The maximum Gasteiger partial charge on any atom is 0.213 e. The third-order valence-electron chi connectivity index (χ3n) is 3.26. The summed E-state index contributed by atoms with van der Waals surface area (Å²) in [5.74, 6) is 1.60. The molecule has 100 valence electrons. The van der Waals surface area contributed by atoms with Crippen LogP contribution in [0.5, 0.6) is 0 Å². The zero-order valence-corrected chi connectivity index (χ0v) is 10.6. The summed E-state index contributed by atoms with van der Waals surface area (Å²) in [6.07, 6.45) is 3.14. The fraction of sp³-hybridized carbons (Fsp3) is 0.417. The van der Waals surface area contributed by atoms with Crippen molar-refractivity contribution in [2.45, 2.75) is 6.54 Å². The molecular formula is C12H16N6O. The first-order valence-electron chi connectivity index (χ1n) is 6.26. The van der Waals surface area contributed by atoms with Crippen LogP contribution in [-0.4, -0.2) is 46.2 Å². The van der Waals surface area contributed by atoms with Crippen LogP contribution in [0, 0.1) is 0 Å². The summed E-state index contributed by atoms with van der Waals surface area (Å²) in [7, 11) is 0. The van der Waals surface area contributed by atoms with Crippen molar-refractivity contribution >= 4 is 11.5 Å². The van der Waals surface area contributed by atoms with Gasteiger partial charge in [-0.1, -0.05) is 5.16 Å². The monoisotopic (exact) mass is 260 g/mol. The summed E-state index contributed by atoms with van der Waals surface area (Å²) in [5, 5.41) is 3.83. The van der Waals surface area contributed by atoms with Crippen molar-refractivity contribution < 1.29 is 4.52 Å². The number of anilines is 2. The minimum absolute atomic E-state index is 0.724. The van der Waals surface area contributed by atoms with E-state index in [1.54, 1.807) is 6.20 Å². The number of hydrogen-bond acceptors (Lipinski definition) is 7. The van der Waals surface area contributed by atoms with Crippen LogP contribution >= 0.6 is 0 Å². The molecule has 0 amide bonds. The fourth-order valence-electron chi connectivity index (χ4n) is 2.25. The van der Waals surface area contributed by atoms with Crippen molar-refractivity contribution in [1.82, 2.24) is 20.0 Å². The highest BCUT2D eigenvalue weighted by Gasteiger charge is 2.20.